The molecule has 1 aliphatic heterocycles. The first-order chi connectivity index (χ1) is 9.28. The molecule has 1 rings (SSSR count). The lowest BCUT2D eigenvalue weighted by Crippen LogP contribution is -2.50. The second-order valence-corrected chi connectivity index (χ2v) is 5.43. The fraction of sp³-hybridized carbons (Fsp3) is 0.769. The molecule has 0 atom stereocenters. The van der Waals surface area contributed by atoms with Crippen LogP contribution in [0.25, 0.3) is 0 Å². The lowest BCUT2D eigenvalue weighted by molar-refractivity contribution is -0.199. The standard InChI is InChI=1S/C13H24N2O5/c1-12(2,3)20-11(16)15-8-7-13(17-4,18-5)10(9-15)14-19-6/h9,14H,7-8H2,1-6H3. The fourth-order valence-corrected chi connectivity index (χ4v) is 1.91. The number of amides is 1. The van der Waals surface area contributed by atoms with Crippen molar-refractivity contribution in [3.63, 3.8) is 0 Å². The number of hydrogen-bond donors (Lipinski definition) is 1. The zero-order chi connectivity index (χ0) is 15.4. The molecule has 7 heteroatoms. The van der Waals surface area contributed by atoms with E-state index in [0.29, 0.717) is 18.7 Å². The van der Waals surface area contributed by atoms with Crippen LogP contribution in [0.1, 0.15) is 27.2 Å². The zero-order valence-electron chi connectivity index (χ0n) is 13.0. The van der Waals surface area contributed by atoms with E-state index in [1.54, 1.807) is 6.20 Å². The first kappa shape index (κ1) is 16.7. The maximum absolute atomic E-state index is 12.1. The van der Waals surface area contributed by atoms with Gasteiger partial charge in [-0.2, -0.15) is 0 Å². The highest BCUT2D eigenvalue weighted by Gasteiger charge is 2.40. The third kappa shape index (κ3) is 3.84. The summed E-state index contributed by atoms with van der Waals surface area (Å²) in [6.45, 7) is 5.88. The van der Waals surface area contributed by atoms with Gasteiger partial charge >= 0.3 is 6.09 Å². The molecule has 1 N–H and O–H groups in total. The van der Waals surface area contributed by atoms with Gasteiger partial charge < -0.3 is 14.2 Å². The predicted octanol–water partition coefficient (Wildman–Crippen LogP) is 1.61. The van der Waals surface area contributed by atoms with Gasteiger partial charge in [-0.3, -0.25) is 15.2 Å². The van der Waals surface area contributed by atoms with Crippen molar-refractivity contribution in [2.24, 2.45) is 0 Å². The Kier molecular flexibility index (Phi) is 5.38. The average Bonchev–Trinajstić information content (AvgIpc) is 2.37. The van der Waals surface area contributed by atoms with Gasteiger partial charge in [0.25, 0.3) is 0 Å². The molecule has 116 valence electrons. The molecule has 7 nitrogen and oxygen atoms in total. The molecule has 1 amide bonds. The van der Waals surface area contributed by atoms with E-state index < -0.39 is 17.5 Å². The molecule has 0 saturated carbocycles. The number of methoxy groups -OCH3 is 2. The topological polar surface area (TPSA) is 69.3 Å². The van der Waals surface area contributed by atoms with Crippen LogP contribution in [0.2, 0.25) is 0 Å². The summed E-state index contributed by atoms with van der Waals surface area (Å²) in [6, 6.07) is 0. The van der Waals surface area contributed by atoms with E-state index in [1.807, 2.05) is 20.8 Å². The summed E-state index contributed by atoms with van der Waals surface area (Å²) in [5.74, 6) is -0.950. The summed E-state index contributed by atoms with van der Waals surface area (Å²) >= 11 is 0. The largest absolute Gasteiger partial charge is 0.443 e. The normalized spacial score (nSPS) is 18.5. The minimum Gasteiger partial charge on any atom is -0.443 e. The Morgan fingerprint density at radius 3 is 2.35 bits per heavy atom. The molecule has 0 fully saturated rings. The molecule has 0 aromatic carbocycles. The molecule has 0 spiro atoms. The number of ether oxygens (including phenoxy) is 3. The van der Waals surface area contributed by atoms with Crippen molar-refractivity contribution >= 4 is 6.09 Å². The Morgan fingerprint density at radius 2 is 1.90 bits per heavy atom. The van der Waals surface area contributed by atoms with Gasteiger partial charge in [0.2, 0.25) is 5.79 Å². The van der Waals surface area contributed by atoms with E-state index in [2.05, 4.69) is 5.48 Å². The van der Waals surface area contributed by atoms with Gasteiger partial charge in [0.05, 0.1) is 7.11 Å². The second-order valence-electron chi connectivity index (χ2n) is 5.43. The summed E-state index contributed by atoms with van der Waals surface area (Å²) in [5, 5.41) is 0. The number of hydrogen-bond acceptors (Lipinski definition) is 6. The van der Waals surface area contributed by atoms with E-state index in [-0.39, 0.29) is 0 Å². The van der Waals surface area contributed by atoms with Crippen LogP contribution in [0.3, 0.4) is 0 Å². The first-order valence-electron chi connectivity index (χ1n) is 6.39. The van der Waals surface area contributed by atoms with Crippen LogP contribution < -0.4 is 5.48 Å². The van der Waals surface area contributed by atoms with Crippen LogP contribution in [0.15, 0.2) is 11.9 Å². The number of carbonyl (C=O) groups is 1. The molecule has 1 aliphatic rings. The third-order valence-corrected chi connectivity index (χ3v) is 2.88. The maximum Gasteiger partial charge on any atom is 0.414 e. The lowest BCUT2D eigenvalue weighted by atomic mass is 10.1. The van der Waals surface area contributed by atoms with Crippen LogP contribution in [0, 0.1) is 0 Å². The highest BCUT2D eigenvalue weighted by Crippen LogP contribution is 2.29. The van der Waals surface area contributed by atoms with Gasteiger partial charge in [-0.15, -0.1) is 0 Å². The Hall–Kier alpha value is -1.31. The van der Waals surface area contributed by atoms with Crippen molar-refractivity contribution in [2.45, 2.75) is 38.6 Å². The second kappa shape index (κ2) is 6.43. The van der Waals surface area contributed by atoms with Crippen LogP contribution in [-0.2, 0) is 19.0 Å². The van der Waals surface area contributed by atoms with Crippen LogP contribution in [-0.4, -0.2) is 50.3 Å². The Labute approximate surface area is 119 Å². The van der Waals surface area contributed by atoms with E-state index >= 15 is 0 Å². The quantitative estimate of drug-likeness (QED) is 0.626. The molecule has 20 heavy (non-hydrogen) atoms. The van der Waals surface area contributed by atoms with E-state index in [0.717, 1.165) is 0 Å². The molecule has 0 saturated heterocycles. The van der Waals surface area contributed by atoms with Crippen molar-refractivity contribution < 1.29 is 23.8 Å². The minimum absolute atomic E-state index is 0.422. The monoisotopic (exact) mass is 288 g/mol. The van der Waals surface area contributed by atoms with Crippen molar-refractivity contribution in [1.29, 1.82) is 0 Å². The SMILES string of the molecule is CONC1=CN(C(=O)OC(C)(C)C)CCC1(OC)OC. The number of rotatable bonds is 4. The highest BCUT2D eigenvalue weighted by atomic mass is 16.7. The Balaban J connectivity index is 2.93. The van der Waals surface area contributed by atoms with Gasteiger partial charge in [-0.05, 0) is 20.8 Å². The maximum atomic E-state index is 12.1. The molecule has 0 aromatic heterocycles. The van der Waals surface area contributed by atoms with Crippen molar-refractivity contribution in [3.8, 4) is 0 Å². The molecule has 0 unspecified atom stereocenters. The van der Waals surface area contributed by atoms with Crippen LogP contribution >= 0.6 is 0 Å². The molecule has 0 aromatic rings. The fourth-order valence-electron chi connectivity index (χ4n) is 1.91. The molecule has 1 heterocycles. The summed E-state index contributed by atoms with van der Waals surface area (Å²) in [5.41, 5.74) is 2.64. The van der Waals surface area contributed by atoms with Crippen molar-refractivity contribution in [1.82, 2.24) is 10.4 Å². The molecular weight excluding hydrogens is 264 g/mol. The zero-order valence-corrected chi connectivity index (χ0v) is 13.0. The van der Waals surface area contributed by atoms with E-state index in [9.17, 15) is 4.79 Å². The minimum atomic E-state index is -0.950. The van der Waals surface area contributed by atoms with Crippen LogP contribution in [0.5, 0.6) is 0 Å². The Morgan fingerprint density at radius 1 is 1.30 bits per heavy atom. The smallest absolute Gasteiger partial charge is 0.414 e. The van der Waals surface area contributed by atoms with Crippen molar-refractivity contribution in [2.75, 3.05) is 27.9 Å². The first-order valence-corrected chi connectivity index (χ1v) is 6.39. The molecule has 0 bridgehead atoms. The number of nitrogens with one attached hydrogen (secondary N) is 1. The predicted molar refractivity (Wildman–Crippen MR) is 72.5 cm³/mol. The van der Waals surface area contributed by atoms with Crippen molar-refractivity contribution in [3.05, 3.63) is 11.9 Å². The lowest BCUT2D eigenvalue weighted by Gasteiger charge is -2.39. The summed E-state index contributed by atoms with van der Waals surface area (Å²) < 4.78 is 16.2. The number of carbonyl (C=O) groups excluding carboxylic acids is 1. The van der Waals surface area contributed by atoms with Gasteiger partial charge in [-0.1, -0.05) is 0 Å². The summed E-state index contributed by atoms with van der Waals surface area (Å²) in [7, 11) is 4.55. The van der Waals surface area contributed by atoms with Crippen LogP contribution in [0.4, 0.5) is 4.79 Å². The summed E-state index contributed by atoms with van der Waals surface area (Å²) in [4.78, 5) is 18.4. The van der Waals surface area contributed by atoms with E-state index in [1.165, 1.54) is 26.2 Å². The van der Waals surface area contributed by atoms with Gasteiger partial charge in [-0.25, -0.2) is 4.79 Å². The van der Waals surface area contributed by atoms with Gasteiger partial charge in [0, 0.05) is 33.4 Å². The molecule has 0 radical (unpaired) electrons. The summed E-state index contributed by atoms with van der Waals surface area (Å²) in [6.07, 6.45) is 1.61. The average molecular weight is 288 g/mol. The third-order valence-electron chi connectivity index (χ3n) is 2.88. The molecule has 0 aliphatic carbocycles. The van der Waals surface area contributed by atoms with Gasteiger partial charge in [0.15, 0.2) is 0 Å². The van der Waals surface area contributed by atoms with E-state index in [4.69, 9.17) is 19.0 Å². The number of nitrogens with zero attached hydrogens (tertiary/aromatic N) is 1. The van der Waals surface area contributed by atoms with Gasteiger partial charge in [0.1, 0.15) is 11.3 Å². The molecular formula is C13H24N2O5. The Bertz CT molecular complexity index is 371. The highest BCUT2D eigenvalue weighted by molar-refractivity contribution is 5.69. The number of hydroxylamine groups is 1.